The smallest absolute Gasteiger partial charge is 0.331 e. The summed E-state index contributed by atoms with van der Waals surface area (Å²) < 4.78 is 0. The molecule has 200 valence electrons. The van der Waals surface area contributed by atoms with E-state index in [1.807, 2.05) is 0 Å². The lowest BCUT2D eigenvalue weighted by Gasteiger charge is -2.20. The first-order chi connectivity index (χ1) is 15.8. The molecule has 0 aromatic heterocycles. The van der Waals surface area contributed by atoms with Crippen molar-refractivity contribution in [3.05, 3.63) is 36.5 Å². The lowest BCUT2D eigenvalue weighted by molar-refractivity contribution is -0.139. The van der Waals surface area contributed by atoms with Crippen LogP contribution in [0.25, 0.3) is 0 Å². The number of hydrogen-bond donors (Lipinski definition) is 9. The van der Waals surface area contributed by atoms with Crippen molar-refractivity contribution in [1.82, 2.24) is 0 Å². The third-order valence-corrected chi connectivity index (χ3v) is 3.15. The maximum absolute atomic E-state index is 9.87. The predicted octanol–water partition coefficient (Wildman–Crippen LogP) is -0.725. The zero-order valence-corrected chi connectivity index (χ0v) is 18.8. The van der Waals surface area contributed by atoms with Crippen molar-refractivity contribution >= 4 is 35.8 Å². The van der Waals surface area contributed by atoms with Gasteiger partial charge in [-0.2, -0.15) is 0 Å². The lowest BCUT2D eigenvalue weighted by Crippen LogP contribution is -2.29. The van der Waals surface area contributed by atoms with E-state index in [2.05, 4.69) is 19.7 Å². The zero-order chi connectivity index (χ0) is 28.9. The molecule has 0 spiro atoms. The largest absolute Gasteiger partial charge is 0.481 e. The van der Waals surface area contributed by atoms with E-state index in [1.54, 1.807) is 6.92 Å². The topological polar surface area (TPSA) is 284 Å². The molecule has 9 N–H and O–H groups in total. The fourth-order valence-corrected chi connectivity index (χ4v) is 0.924. The van der Waals surface area contributed by atoms with Gasteiger partial charge in [0.05, 0.1) is 39.1 Å². The number of rotatable bonds is 12. The molecule has 0 radical (unpaired) electrons. The van der Waals surface area contributed by atoms with Gasteiger partial charge in [0, 0.05) is 22.1 Å². The molecule has 0 aromatic rings. The highest BCUT2D eigenvalue weighted by atomic mass is 16.4. The number of aliphatic hydroxyl groups is 3. The second-order valence-corrected chi connectivity index (χ2v) is 6.72. The Morgan fingerprint density at radius 2 is 0.686 bits per heavy atom. The van der Waals surface area contributed by atoms with E-state index < -0.39 is 60.5 Å². The van der Waals surface area contributed by atoms with E-state index in [-0.39, 0.29) is 36.5 Å². The van der Waals surface area contributed by atoms with Gasteiger partial charge in [0.15, 0.2) is 0 Å². The SMILES string of the molecule is C=C(CC(=O)O)C(=O)O.C=C(CC(=O)O)C(=O)O.C=C(CC(=O)O)C(=O)O.CC(CO)(CO)CO. The molecule has 0 saturated carbocycles. The van der Waals surface area contributed by atoms with Gasteiger partial charge in [0.2, 0.25) is 0 Å². The highest BCUT2D eigenvalue weighted by molar-refractivity contribution is 5.92. The molecule has 0 saturated heterocycles. The summed E-state index contributed by atoms with van der Waals surface area (Å²) in [7, 11) is 0. The molecule has 0 atom stereocenters. The van der Waals surface area contributed by atoms with Gasteiger partial charge in [-0.25, -0.2) is 14.4 Å². The van der Waals surface area contributed by atoms with Crippen LogP contribution in [0, 0.1) is 5.41 Å². The molecule has 0 rings (SSSR count). The first-order valence-electron chi connectivity index (χ1n) is 9.01. The van der Waals surface area contributed by atoms with Crippen LogP contribution in [0.5, 0.6) is 0 Å². The van der Waals surface area contributed by atoms with Crippen molar-refractivity contribution in [3.63, 3.8) is 0 Å². The Morgan fingerprint density at radius 1 is 0.514 bits per heavy atom. The van der Waals surface area contributed by atoms with E-state index in [1.165, 1.54) is 0 Å². The Bertz CT molecular complexity index is 692. The summed E-state index contributed by atoms with van der Waals surface area (Å²) in [5.74, 6) is -7.33. The highest BCUT2D eigenvalue weighted by Crippen LogP contribution is 2.11. The molecule has 0 aliphatic carbocycles. The van der Waals surface area contributed by atoms with Crippen LogP contribution in [0.15, 0.2) is 36.5 Å². The average Bonchev–Trinajstić information content (AvgIpc) is 2.73. The number of aliphatic hydroxyl groups excluding tert-OH is 3. The fourth-order valence-electron chi connectivity index (χ4n) is 0.924. The molecule has 0 unspecified atom stereocenters. The van der Waals surface area contributed by atoms with Crippen LogP contribution in [-0.4, -0.2) is 102 Å². The van der Waals surface area contributed by atoms with E-state index in [4.69, 9.17) is 46.0 Å². The summed E-state index contributed by atoms with van der Waals surface area (Å²) in [6.07, 6.45) is -1.51. The number of carboxylic acids is 6. The summed E-state index contributed by atoms with van der Waals surface area (Å²) >= 11 is 0. The van der Waals surface area contributed by atoms with E-state index in [9.17, 15) is 28.8 Å². The van der Waals surface area contributed by atoms with Crippen LogP contribution in [0.3, 0.4) is 0 Å². The number of hydrogen-bond acceptors (Lipinski definition) is 9. The maximum Gasteiger partial charge on any atom is 0.331 e. The van der Waals surface area contributed by atoms with E-state index in [0.29, 0.717) is 0 Å². The predicted molar refractivity (Wildman–Crippen MR) is 116 cm³/mol. The molecule has 15 heteroatoms. The molecule has 15 nitrogen and oxygen atoms in total. The first kappa shape index (κ1) is 38.2. The monoisotopic (exact) mass is 510 g/mol. The van der Waals surface area contributed by atoms with Crippen LogP contribution in [0.2, 0.25) is 0 Å². The molecule has 0 fully saturated rings. The molecular weight excluding hydrogens is 480 g/mol. The average molecular weight is 510 g/mol. The van der Waals surface area contributed by atoms with Crippen molar-refractivity contribution in [1.29, 1.82) is 0 Å². The summed E-state index contributed by atoms with van der Waals surface area (Å²) in [6.45, 7) is 10.1. The van der Waals surface area contributed by atoms with Crippen molar-refractivity contribution < 1.29 is 74.7 Å². The third-order valence-electron chi connectivity index (χ3n) is 3.15. The third kappa shape index (κ3) is 27.9. The van der Waals surface area contributed by atoms with Gasteiger partial charge in [0.1, 0.15) is 0 Å². The minimum absolute atomic E-state index is 0.181. The van der Waals surface area contributed by atoms with Gasteiger partial charge in [-0.05, 0) is 0 Å². The van der Waals surface area contributed by atoms with Crippen LogP contribution >= 0.6 is 0 Å². The molecule has 0 aliphatic heterocycles. The molecule has 0 amide bonds. The zero-order valence-electron chi connectivity index (χ0n) is 18.8. The van der Waals surface area contributed by atoms with Gasteiger partial charge in [0.25, 0.3) is 0 Å². The molecule has 0 aliphatic rings. The summed E-state index contributed by atoms with van der Waals surface area (Å²) in [5, 5.41) is 73.6. The fraction of sp³-hybridized carbons (Fsp3) is 0.400. The van der Waals surface area contributed by atoms with Gasteiger partial charge < -0.3 is 46.0 Å². The standard InChI is InChI=1S/3C5H6O4.C5H12O3/c3*1-3(5(8)9)2-4(6)7;1-5(2-6,3-7)4-8/h3*1-2H2,(H,6,7)(H,8,9);6-8H,2-4H2,1H3. The van der Waals surface area contributed by atoms with Crippen LogP contribution in [0.1, 0.15) is 26.2 Å². The quantitative estimate of drug-likeness (QED) is 0.146. The lowest BCUT2D eigenvalue weighted by atomic mass is 9.95. The molecule has 0 bridgehead atoms. The van der Waals surface area contributed by atoms with Crippen molar-refractivity contribution in [2.75, 3.05) is 19.8 Å². The van der Waals surface area contributed by atoms with Crippen molar-refractivity contribution in [3.8, 4) is 0 Å². The summed E-state index contributed by atoms with van der Waals surface area (Å²) in [5.41, 5.74) is -1.62. The summed E-state index contributed by atoms with van der Waals surface area (Å²) in [4.78, 5) is 59.0. The normalized spacial score (nSPS) is 9.26. The van der Waals surface area contributed by atoms with Gasteiger partial charge in [-0.15, -0.1) is 0 Å². The first-order valence-corrected chi connectivity index (χ1v) is 9.01. The number of carboxylic acid groups (broad SMARTS) is 6. The van der Waals surface area contributed by atoms with Gasteiger partial charge >= 0.3 is 35.8 Å². The Morgan fingerprint density at radius 3 is 0.714 bits per heavy atom. The Balaban J connectivity index is -0.000000183. The van der Waals surface area contributed by atoms with Crippen molar-refractivity contribution in [2.24, 2.45) is 5.41 Å². The van der Waals surface area contributed by atoms with Gasteiger partial charge in [-0.3, -0.25) is 14.4 Å². The Kier molecular flexibility index (Phi) is 22.4. The van der Waals surface area contributed by atoms with Crippen LogP contribution in [0.4, 0.5) is 0 Å². The number of aliphatic carboxylic acids is 6. The van der Waals surface area contributed by atoms with Crippen LogP contribution in [-0.2, 0) is 28.8 Å². The van der Waals surface area contributed by atoms with Crippen molar-refractivity contribution in [2.45, 2.75) is 26.2 Å². The van der Waals surface area contributed by atoms with E-state index in [0.717, 1.165) is 0 Å². The minimum Gasteiger partial charge on any atom is -0.481 e. The number of carbonyl (C=O) groups is 6. The van der Waals surface area contributed by atoms with E-state index >= 15 is 0 Å². The maximum atomic E-state index is 9.87. The Labute approximate surface area is 199 Å². The second kappa shape index (κ2) is 20.5. The van der Waals surface area contributed by atoms with Gasteiger partial charge in [-0.1, -0.05) is 26.7 Å². The van der Waals surface area contributed by atoms with Crippen LogP contribution < -0.4 is 0 Å². The molecule has 35 heavy (non-hydrogen) atoms. The second-order valence-electron chi connectivity index (χ2n) is 6.72. The molecule has 0 aromatic carbocycles. The Hall–Kier alpha value is -4.08. The molecular formula is C20H30O15. The highest BCUT2D eigenvalue weighted by Gasteiger charge is 2.20. The minimum atomic E-state index is -1.27. The summed E-state index contributed by atoms with van der Waals surface area (Å²) in [6, 6.07) is 0. The molecule has 0 heterocycles.